The maximum Gasteiger partial charge on any atom is 0.414 e. The number of pyridine rings is 1. The highest BCUT2D eigenvalue weighted by atomic mass is 32.1. The first kappa shape index (κ1) is 54.2. The average molecular weight is 1070 g/mol. The van der Waals surface area contributed by atoms with Crippen LogP contribution in [0.15, 0.2) is 79.2 Å². The summed E-state index contributed by atoms with van der Waals surface area (Å²) in [6, 6.07) is 8.25. The Morgan fingerprint density at radius 3 is 2.30 bits per heavy atom. The molecule has 1 aromatic carbocycles. The van der Waals surface area contributed by atoms with Crippen LogP contribution in [0.25, 0.3) is 27.3 Å². The van der Waals surface area contributed by atoms with Gasteiger partial charge in [-0.25, -0.2) is 24.7 Å². The maximum absolute atomic E-state index is 14.3. The van der Waals surface area contributed by atoms with Crippen LogP contribution in [0.3, 0.4) is 0 Å². The Labute approximate surface area is 452 Å². The van der Waals surface area contributed by atoms with Gasteiger partial charge in [-0.05, 0) is 96.0 Å². The number of hydrogen-bond donors (Lipinski definition) is 3. The van der Waals surface area contributed by atoms with Gasteiger partial charge in [0.2, 0.25) is 23.7 Å². The molecule has 3 N–H and O–H groups in total. The minimum absolute atomic E-state index is 0.0920. The number of thiazole rings is 1. The number of ether oxygens (including phenoxy) is 2. The minimum atomic E-state index is -1.40. The van der Waals surface area contributed by atoms with Gasteiger partial charge in [0, 0.05) is 56.6 Å². The van der Waals surface area contributed by atoms with Gasteiger partial charge in [0.05, 0.1) is 71.1 Å². The predicted molar refractivity (Wildman–Crippen MR) is 292 cm³/mol. The summed E-state index contributed by atoms with van der Waals surface area (Å²) in [6.45, 7) is 18.6. The number of hydrogen-bond acceptors (Lipinski definition) is 16. The number of imidazole rings is 1. The fraction of sp³-hybridized carbons (Fsp3) is 0.473. The standard InChI is InChI=1S/C55H68N14O7S/c1-34(2)75-52(74)65(9)39-21-38(23-56-24-39)41-28-67-29-43(62-44(67)27-57-41)63-45(70)30-66-19-16-55(17-20-66)31-68(32-55)51-59-25-40(26-60-51)76-54(7,8)50(73)64-47(53(4,5)6)49(72)69-18-10-11-42(69)48(71)58-22-36-12-14-37(15-13-36)46-35(3)61-33-77-46/h12-15,21,23-29,33-34,42,47H,10-11,16-20,22,30-32H2,1-9H3,(H,58,71)(H,63,70)(H,64,73). The molecule has 22 heteroatoms. The molecule has 77 heavy (non-hydrogen) atoms. The van der Waals surface area contributed by atoms with Crippen LogP contribution in [0.4, 0.5) is 22.2 Å². The van der Waals surface area contributed by atoms with E-state index in [1.54, 1.807) is 105 Å². The highest BCUT2D eigenvalue weighted by molar-refractivity contribution is 7.13. The fourth-order valence-corrected chi connectivity index (χ4v) is 10.8. The summed E-state index contributed by atoms with van der Waals surface area (Å²) < 4.78 is 13.3. The van der Waals surface area contributed by atoms with Gasteiger partial charge >= 0.3 is 6.09 Å². The highest BCUT2D eigenvalue weighted by Crippen LogP contribution is 2.42. The lowest BCUT2D eigenvalue weighted by Gasteiger charge is -2.53. The summed E-state index contributed by atoms with van der Waals surface area (Å²) in [5, 5.41) is 8.95. The molecule has 21 nitrogen and oxygen atoms in total. The third-order valence-electron chi connectivity index (χ3n) is 14.4. The Kier molecular flexibility index (Phi) is 15.6. The zero-order chi connectivity index (χ0) is 54.8. The number of aryl methyl sites for hydroxylation is 1. The Balaban J connectivity index is 0.718. The van der Waals surface area contributed by atoms with E-state index in [1.165, 1.54) is 4.90 Å². The smallest absolute Gasteiger partial charge is 0.414 e. The summed E-state index contributed by atoms with van der Waals surface area (Å²) in [6.07, 6.45) is 13.8. The van der Waals surface area contributed by atoms with Gasteiger partial charge in [-0.2, -0.15) is 0 Å². The van der Waals surface area contributed by atoms with E-state index in [0.717, 1.165) is 60.7 Å². The van der Waals surface area contributed by atoms with E-state index in [1.807, 2.05) is 57.5 Å². The van der Waals surface area contributed by atoms with Crippen LogP contribution in [0.1, 0.15) is 85.4 Å². The van der Waals surface area contributed by atoms with E-state index in [4.69, 9.17) is 9.47 Å². The molecular weight excluding hydrogens is 1000 g/mol. The Bertz CT molecular complexity index is 3120. The van der Waals surface area contributed by atoms with Crippen LogP contribution in [-0.4, -0.2) is 144 Å². The van der Waals surface area contributed by atoms with E-state index in [-0.39, 0.29) is 35.8 Å². The molecular formula is C55H68N14O7S. The Hall–Kier alpha value is -7.59. The lowest BCUT2D eigenvalue weighted by atomic mass is 9.72. The SMILES string of the molecule is Cc1ncsc1-c1ccc(CNC(=O)C2CCCN2C(=O)C(NC(=O)C(C)(C)Oc2cnc(N3CC4(CCN(CC(=O)Nc5cn6cc(-c7cncc(N(C)C(=O)OC(C)C)c7)ncc6n5)CC4)C3)nc2)C(C)(C)C)cc1. The van der Waals surface area contributed by atoms with E-state index >= 15 is 0 Å². The molecule has 3 fully saturated rings. The van der Waals surface area contributed by atoms with Crippen molar-refractivity contribution in [2.75, 3.05) is 61.4 Å². The maximum atomic E-state index is 14.3. The summed E-state index contributed by atoms with van der Waals surface area (Å²) in [7, 11) is 1.62. The first-order valence-corrected chi connectivity index (χ1v) is 26.9. The fourth-order valence-electron chi connectivity index (χ4n) is 9.99. The normalized spacial score (nSPS) is 17.0. The minimum Gasteiger partial charge on any atom is -0.475 e. The predicted octanol–water partition coefficient (Wildman–Crippen LogP) is 6.53. The summed E-state index contributed by atoms with van der Waals surface area (Å²) in [5.74, 6) is 0.0899. The van der Waals surface area contributed by atoms with Crippen molar-refractivity contribution in [2.45, 2.75) is 111 Å². The first-order valence-electron chi connectivity index (χ1n) is 26.0. The van der Waals surface area contributed by atoms with E-state index in [2.05, 4.69) is 55.7 Å². The molecule has 1 spiro atoms. The zero-order valence-electron chi connectivity index (χ0n) is 45.2. The third-order valence-corrected chi connectivity index (χ3v) is 15.4. The number of likely N-dealkylation sites (tertiary alicyclic amines) is 2. The van der Waals surface area contributed by atoms with Crippen LogP contribution in [0, 0.1) is 17.8 Å². The monoisotopic (exact) mass is 1070 g/mol. The van der Waals surface area contributed by atoms with Gasteiger partial charge in [-0.1, -0.05) is 45.0 Å². The zero-order valence-corrected chi connectivity index (χ0v) is 46.0. The van der Waals surface area contributed by atoms with Crippen molar-refractivity contribution >= 4 is 64.2 Å². The second-order valence-corrected chi connectivity index (χ2v) is 23.1. The topological polar surface area (TPSA) is 235 Å². The molecule has 5 aromatic heterocycles. The number of fused-ring (bicyclic) bond motifs is 1. The van der Waals surface area contributed by atoms with Crippen LogP contribution < -0.4 is 30.5 Å². The van der Waals surface area contributed by atoms with E-state index in [9.17, 15) is 24.0 Å². The Morgan fingerprint density at radius 1 is 0.896 bits per heavy atom. The first-order chi connectivity index (χ1) is 36.6. The number of nitrogens with one attached hydrogen (secondary N) is 3. The quantitative estimate of drug-likeness (QED) is 0.0935. The second-order valence-electron chi connectivity index (χ2n) is 22.2. The number of amides is 5. The molecule has 5 amide bonds. The Morgan fingerprint density at radius 2 is 1.62 bits per heavy atom. The van der Waals surface area contributed by atoms with Crippen molar-refractivity contribution < 1.29 is 33.4 Å². The van der Waals surface area contributed by atoms with Crippen LogP contribution in [0.5, 0.6) is 5.75 Å². The average Bonchev–Trinajstić information content (AvgIpc) is 4.16. The van der Waals surface area contributed by atoms with Gasteiger partial charge in [-0.3, -0.25) is 38.9 Å². The number of carbonyl (C=O) groups is 5. The molecule has 406 valence electrons. The van der Waals surface area contributed by atoms with Gasteiger partial charge in [0.25, 0.3) is 5.91 Å². The molecule has 0 saturated carbocycles. The van der Waals surface area contributed by atoms with E-state index < -0.39 is 35.1 Å². The summed E-state index contributed by atoms with van der Waals surface area (Å²) in [5.41, 5.74) is 5.26. The number of carbonyl (C=O) groups excluding carboxylic acids is 5. The van der Waals surface area contributed by atoms with Crippen molar-refractivity contribution in [2.24, 2.45) is 10.8 Å². The number of nitrogens with zero attached hydrogens (tertiary/aromatic N) is 11. The molecule has 0 radical (unpaired) electrons. The summed E-state index contributed by atoms with van der Waals surface area (Å²) in [4.78, 5) is 103. The lowest BCUT2D eigenvalue weighted by molar-refractivity contribution is -0.146. The summed E-state index contributed by atoms with van der Waals surface area (Å²) >= 11 is 1.59. The highest BCUT2D eigenvalue weighted by Gasteiger charge is 2.47. The van der Waals surface area contributed by atoms with Crippen molar-refractivity contribution in [3.05, 3.63) is 90.5 Å². The van der Waals surface area contributed by atoms with Crippen molar-refractivity contribution in [1.82, 2.24) is 54.7 Å². The number of rotatable bonds is 16. The van der Waals surface area contributed by atoms with Gasteiger partial charge in [0.1, 0.15) is 12.1 Å². The van der Waals surface area contributed by atoms with Gasteiger partial charge in [0.15, 0.2) is 22.8 Å². The molecule has 0 aliphatic carbocycles. The molecule has 8 heterocycles. The van der Waals surface area contributed by atoms with Crippen molar-refractivity contribution in [1.29, 1.82) is 0 Å². The van der Waals surface area contributed by atoms with Crippen LogP contribution in [0.2, 0.25) is 0 Å². The van der Waals surface area contributed by atoms with Crippen LogP contribution in [-0.2, 0) is 30.5 Å². The lowest BCUT2D eigenvalue weighted by Crippen LogP contribution is -2.61. The molecule has 3 aliphatic rings. The van der Waals surface area contributed by atoms with Crippen LogP contribution >= 0.6 is 11.3 Å². The molecule has 6 aromatic rings. The third kappa shape index (κ3) is 12.5. The van der Waals surface area contributed by atoms with Gasteiger partial charge < -0.3 is 39.6 Å². The molecule has 2 unspecified atom stereocenters. The molecule has 3 aliphatic heterocycles. The van der Waals surface area contributed by atoms with Crippen molar-refractivity contribution in [3.63, 3.8) is 0 Å². The number of aromatic nitrogens is 7. The van der Waals surface area contributed by atoms with Crippen molar-refractivity contribution in [3.8, 4) is 27.4 Å². The molecule has 3 saturated heterocycles. The second kappa shape index (κ2) is 22.2. The molecule has 0 bridgehead atoms. The number of anilines is 3. The number of piperidine rings is 1. The van der Waals surface area contributed by atoms with Gasteiger partial charge in [-0.15, -0.1) is 11.3 Å². The number of benzene rings is 1. The molecule has 9 rings (SSSR count). The largest absolute Gasteiger partial charge is 0.475 e. The van der Waals surface area contributed by atoms with E-state index in [0.29, 0.717) is 66.0 Å². The molecule has 2 atom stereocenters.